The number of nitrogens with one attached hydrogen (secondary N) is 1. The van der Waals surface area contributed by atoms with Crippen molar-refractivity contribution < 1.29 is 9.53 Å². The van der Waals surface area contributed by atoms with Gasteiger partial charge in [0, 0.05) is 6.54 Å². The molecule has 0 aromatic carbocycles. The Labute approximate surface area is 115 Å². The third-order valence-electron chi connectivity index (χ3n) is 3.99. The molecular formula is C13H25ClN2O2. The van der Waals surface area contributed by atoms with Gasteiger partial charge in [-0.1, -0.05) is 19.8 Å². The maximum atomic E-state index is 11.6. The Bertz CT molecular complexity index is 282. The van der Waals surface area contributed by atoms with E-state index in [2.05, 4.69) is 12.2 Å². The number of halogens is 1. The lowest BCUT2D eigenvalue weighted by atomic mass is 9.88. The number of carbonyl (C=O) groups excluding carboxylic acids is 1. The monoisotopic (exact) mass is 276 g/mol. The summed E-state index contributed by atoms with van der Waals surface area (Å²) < 4.78 is 5.82. The number of carbonyl (C=O) groups is 1. The smallest absolute Gasteiger partial charge is 0.240 e. The molecule has 5 heteroatoms. The summed E-state index contributed by atoms with van der Waals surface area (Å²) in [6.45, 7) is 3.44. The number of amides is 1. The quantitative estimate of drug-likeness (QED) is 0.750. The van der Waals surface area contributed by atoms with Crippen molar-refractivity contribution in [2.75, 3.05) is 13.2 Å². The van der Waals surface area contributed by atoms with E-state index in [1.807, 2.05) is 0 Å². The summed E-state index contributed by atoms with van der Waals surface area (Å²) in [5.41, 5.74) is 5.23. The first kappa shape index (κ1) is 15.7. The van der Waals surface area contributed by atoms with E-state index in [0.717, 1.165) is 19.3 Å². The fraction of sp³-hybridized carbons (Fsp3) is 0.923. The van der Waals surface area contributed by atoms with Crippen LogP contribution in [-0.4, -0.2) is 30.7 Å². The molecule has 0 aromatic heterocycles. The summed E-state index contributed by atoms with van der Waals surface area (Å²) in [5.74, 6) is 0.640. The Kier molecular flexibility index (Phi) is 5.89. The van der Waals surface area contributed by atoms with Crippen LogP contribution in [0.1, 0.15) is 45.4 Å². The van der Waals surface area contributed by atoms with Crippen molar-refractivity contribution in [3.8, 4) is 0 Å². The molecular weight excluding hydrogens is 252 g/mol. The number of ether oxygens (including phenoxy) is 1. The predicted octanol–water partition coefficient (Wildman–Crippen LogP) is 1.61. The molecule has 3 N–H and O–H groups in total. The molecule has 18 heavy (non-hydrogen) atoms. The highest BCUT2D eigenvalue weighted by molar-refractivity contribution is 5.88. The van der Waals surface area contributed by atoms with Gasteiger partial charge in [0.2, 0.25) is 5.91 Å². The van der Waals surface area contributed by atoms with Crippen molar-refractivity contribution in [1.82, 2.24) is 5.32 Å². The molecule has 2 saturated carbocycles. The highest BCUT2D eigenvalue weighted by atomic mass is 35.5. The van der Waals surface area contributed by atoms with E-state index in [9.17, 15) is 4.79 Å². The fourth-order valence-corrected chi connectivity index (χ4v) is 2.44. The van der Waals surface area contributed by atoms with Gasteiger partial charge >= 0.3 is 0 Å². The van der Waals surface area contributed by atoms with Crippen LogP contribution < -0.4 is 11.1 Å². The van der Waals surface area contributed by atoms with Crippen molar-refractivity contribution >= 4 is 18.3 Å². The molecule has 2 aliphatic carbocycles. The Hall–Kier alpha value is -0.320. The number of hydrogen-bond donors (Lipinski definition) is 2. The fourth-order valence-electron chi connectivity index (χ4n) is 2.44. The van der Waals surface area contributed by atoms with E-state index < -0.39 is 5.54 Å². The maximum absolute atomic E-state index is 11.6. The predicted molar refractivity (Wildman–Crippen MR) is 73.8 cm³/mol. The van der Waals surface area contributed by atoms with Crippen molar-refractivity contribution in [3.05, 3.63) is 0 Å². The van der Waals surface area contributed by atoms with Crippen LogP contribution in [0.15, 0.2) is 0 Å². The van der Waals surface area contributed by atoms with Gasteiger partial charge in [-0.05, 0) is 31.6 Å². The Morgan fingerprint density at radius 1 is 1.39 bits per heavy atom. The van der Waals surface area contributed by atoms with Gasteiger partial charge in [0.15, 0.2) is 0 Å². The average Bonchev–Trinajstić information content (AvgIpc) is 3.06. The van der Waals surface area contributed by atoms with Crippen LogP contribution in [0.2, 0.25) is 0 Å². The molecule has 2 atom stereocenters. The highest BCUT2D eigenvalue weighted by Crippen LogP contribution is 2.32. The summed E-state index contributed by atoms with van der Waals surface area (Å²) in [4.78, 5) is 11.6. The van der Waals surface area contributed by atoms with Gasteiger partial charge in [0.05, 0.1) is 18.2 Å². The molecule has 0 aromatic rings. The van der Waals surface area contributed by atoms with Gasteiger partial charge in [0.1, 0.15) is 0 Å². The largest absolute Gasteiger partial charge is 0.376 e. The van der Waals surface area contributed by atoms with Crippen LogP contribution >= 0.6 is 12.4 Å². The average molecular weight is 277 g/mol. The molecule has 1 amide bonds. The van der Waals surface area contributed by atoms with Crippen molar-refractivity contribution in [3.63, 3.8) is 0 Å². The first-order valence-corrected chi connectivity index (χ1v) is 6.81. The molecule has 2 rings (SSSR count). The topological polar surface area (TPSA) is 64.3 Å². The number of rotatable bonds is 5. The van der Waals surface area contributed by atoms with E-state index >= 15 is 0 Å². The molecule has 0 heterocycles. The van der Waals surface area contributed by atoms with Gasteiger partial charge in [0.25, 0.3) is 0 Å². The minimum absolute atomic E-state index is 0. The van der Waals surface area contributed by atoms with Gasteiger partial charge in [-0.3, -0.25) is 4.79 Å². The molecule has 2 aliphatic rings. The summed E-state index contributed by atoms with van der Waals surface area (Å²) in [7, 11) is 0. The second-order valence-electron chi connectivity index (χ2n) is 5.58. The van der Waals surface area contributed by atoms with E-state index in [0.29, 0.717) is 25.2 Å². The Morgan fingerprint density at radius 2 is 2.06 bits per heavy atom. The molecule has 2 unspecified atom stereocenters. The summed E-state index contributed by atoms with van der Waals surface area (Å²) >= 11 is 0. The molecule has 0 bridgehead atoms. The SMILES string of the molecule is CC1CCCCC1OCCNC(=O)C1(N)CC1.Cl. The first-order valence-electron chi connectivity index (χ1n) is 6.81. The zero-order chi connectivity index (χ0) is 12.3. The normalized spacial score (nSPS) is 29.2. The van der Waals surface area contributed by atoms with Crippen molar-refractivity contribution in [1.29, 1.82) is 0 Å². The lowest BCUT2D eigenvalue weighted by Crippen LogP contribution is -2.44. The number of hydrogen-bond acceptors (Lipinski definition) is 3. The van der Waals surface area contributed by atoms with Crippen LogP contribution in [0.25, 0.3) is 0 Å². The van der Waals surface area contributed by atoms with Crippen LogP contribution in [-0.2, 0) is 9.53 Å². The second kappa shape index (κ2) is 6.73. The summed E-state index contributed by atoms with van der Waals surface area (Å²) in [6, 6.07) is 0. The van der Waals surface area contributed by atoms with E-state index in [-0.39, 0.29) is 18.3 Å². The van der Waals surface area contributed by atoms with Crippen LogP contribution in [0.5, 0.6) is 0 Å². The molecule has 0 aliphatic heterocycles. The van der Waals surface area contributed by atoms with Crippen molar-refractivity contribution in [2.24, 2.45) is 11.7 Å². The molecule has 0 radical (unpaired) electrons. The van der Waals surface area contributed by atoms with E-state index in [1.165, 1.54) is 19.3 Å². The molecule has 106 valence electrons. The molecule has 4 nitrogen and oxygen atoms in total. The van der Waals surface area contributed by atoms with Crippen LogP contribution in [0.4, 0.5) is 0 Å². The third-order valence-corrected chi connectivity index (χ3v) is 3.99. The van der Waals surface area contributed by atoms with E-state index in [1.54, 1.807) is 0 Å². The minimum Gasteiger partial charge on any atom is -0.376 e. The second-order valence-corrected chi connectivity index (χ2v) is 5.58. The lowest BCUT2D eigenvalue weighted by molar-refractivity contribution is -0.123. The van der Waals surface area contributed by atoms with E-state index in [4.69, 9.17) is 10.5 Å². The minimum atomic E-state index is -0.557. The van der Waals surface area contributed by atoms with Crippen molar-refractivity contribution in [2.45, 2.75) is 57.1 Å². The summed E-state index contributed by atoms with van der Waals surface area (Å²) in [6.07, 6.45) is 7.05. The maximum Gasteiger partial charge on any atom is 0.240 e. The third kappa shape index (κ3) is 4.11. The van der Waals surface area contributed by atoms with Gasteiger partial charge < -0.3 is 15.8 Å². The van der Waals surface area contributed by atoms with Crippen LogP contribution in [0, 0.1) is 5.92 Å². The Balaban J connectivity index is 0.00000162. The molecule has 2 fully saturated rings. The lowest BCUT2D eigenvalue weighted by Gasteiger charge is -2.28. The molecule has 0 saturated heterocycles. The van der Waals surface area contributed by atoms with Gasteiger partial charge in [-0.25, -0.2) is 0 Å². The molecule has 0 spiro atoms. The first-order chi connectivity index (χ1) is 8.12. The summed E-state index contributed by atoms with van der Waals surface area (Å²) in [5, 5.41) is 2.85. The standard InChI is InChI=1S/C13H24N2O2.ClH/c1-10-4-2-3-5-11(10)17-9-8-15-12(16)13(14)6-7-13;/h10-11H,2-9,14H2,1H3,(H,15,16);1H. The van der Waals surface area contributed by atoms with Gasteiger partial charge in [-0.2, -0.15) is 0 Å². The zero-order valence-electron chi connectivity index (χ0n) is 11.1. The zero-order valence-corrected chi connectivity index (χ0v) is 11.9. The van der Waals surface area contributed by atoms with Crippen LogP contribution in [0.3, 0.4) is 0 Å². The van der Waals surface area contributed by atoms with Gasteiger partial charge in [-0.15, -0.1) is 12.4 Å². The highest BCUT2D eigenvalue weighted by Gasteiger charge is 2.45. The Morgan fingerprint density at radius 3 is 2.67 bits per heavy atom. The number of nitrogens with two attached hydrogens (primary N) is 1.